The lowest BCUT2D eigenvalue weighted by Gasteiger charge is -1.93. The van der Waals surface area contributed by atoms with Crippen molar-refractivity contribution in [2.45, 2.75) is 4.90 Å². The summed E-state index contributed by atoms with van der Waals surface area (Å²) in [5.41, 5.74) is 1.05. The number of nitrogens with zero attached hydrogens (tertiary/aromatic N) is 1. The van der Waals surface area contributed by atoms with E-state index in [2.05, 4.69) is 37.7 Å². The number of aromatic nitrogens is 1. The summed E-state index contributed by atoms with van der Waals surface area (Å²) in [5, 5.41) is 6.04. The first-order chi connectivity index (χ1) is 11.2. The van der Waals surface area contributed by atoms with E-state index in [0.717, 1.165) is 25.8 Å². The first kappa shape index (κ1) is 18.2. The lowest BCUT2D eigenvalue weighted by molar-refractivity contribution is -0.105. The zero-order valence-electron chi connectivity index (χ0n) is 12.4. The Morgan fingerprint density at radius 3 is 2.61 bits per heavy atom. The van der Waals surface area contributed by atoms with Crippen molar-refractivity contribution in [1.82, 2.24) is 4.98 Å². The largest absolute Gasteiger partial charge is 0.365 e. The third kappa shape index (κ3) is 6.10. The average Bonchev–Trinajstić information content (AvgIpc) is 3.23. The molecule has 0 unspecified atom stereocenters. The van der Waals surface area contributed by atoms with Gasteiger partial charge in [0.2, 0.25) is 0 Å². The van der Waals surface area contributed by atoms with Gasteiger partial charge in [-0.05, 0) is 40.2 Å². The standard InChI is InChI=1S/C8H7BrN2S2.C8H8OS/c1-10-8-11-5(4-12-8)6-2-3-7(9)13-6;9-6-7-10-8-4-2-1-3-5-8/h2-4H,1H3,(H,10,11);1-6H,7H2. The molecule has 0 atom stereocenters. The second-order valence-corrected chi connectivity index (χ2v) is 8.60. The number of halogens is 1. The number of carbonyl (C=O) groups excluding carboxylic acids is 1. The molecule has 0 spiro atoms. The van der Waals surface area contributed by atoms with Crippen LogP contribution in [-0.4, -0.2) is 24.1 Å². The molecule has 3 nitrogen and oxygen atoms in total. The number of hydrogen-bond donors (Lipinski definition) is 1. The van der Waals surface area contributed by atoms with E-state index in [4.69, 9.17) is 0 Å². The Balaban J connectivity index is 0.000000174. The predicted molar refractivity (Wildman–Crippen MR) is 106 cm³/mol. The molecular formula is C16H15BrN2OS3. The summed E-state index contributed by atoms with van der Waals surface area (Å²) >= 11 is 8.30. The van der Waals surface area contributed by atoms with Gasteiger partial charge in [0.05, 0.1) is 20.1 Å². The number of anilines is 1. The Labute approximate surface area is 156 Å². The third-order valence-electron chi connectivity index (χ3n) is 2.60. The minimum absolute atomic E-state index is 0.546. The summed E-state index contributed by atoms with van der Waals surface area (Å²) in [5.74, 6) is 0.546. The van der Waals surface area contributed by atoms with Gasteiger partial charge in [-0.3, -0.25) is 0 Å². The van der Waals surface area contributed by atoms with Crippen molar-refractivity contribution in [3.63, 3.8) is 0 Å². The number of hydrogen-bond acceptors (Lipinski definition) is 6. The Hall–Kier alpha value is -1.15. The number of nitrogens with one attached hydrogen (secondary N) is 1. The summed E-state index contributed by atoms with van der Waals surface area (Å²) in [6.45, 7) is 0. The monoisotopic (exact) mass is 426 g/mol. The zero-order valence-corrected chi connectivity index (χ0v) is 16.4. The number of benzene rings is 1. The van der Waals surface area contributed by atoms with Gasteiger partial charge in [-0.2, -0.15) is 0 Å². The van der Waals surface area contributed by atoms with E-state index in [1.165, 1.54) is 4.88 Å². The maximum atomic E-state index is 9.96. The van der Waals surface area contributed by atoms with Crippen LogP contribution in [0.5, 0.6) is 0 Å². The molecule has 0 radical (unpaired) electrons. The lowest BCUT2D eigenvalue weighted by atomic mass is 10.4. The summed E-state index contributed by atoms with van der Waals surface area (Å²) < 4.78 is 1.14. The number of thiophene rings is 1. The third-order valence-corrected chi connectivity index (χ3v) is 6.02. The van der Waals surface area contributed by atoms with Gasteiger partial charge in [-0.25, -0.2) is 4.98 Å². The Kier molecular flexibility index (Phi) is 7.81. The van der Waals surface area contributed by atoms with E-state index < -0.39 is 0 Å². The highest BCUT2D eigenvalue weighted by Gasteiger charge is 2.05. The SMILES string of the molecule is CNc1nc(-c2ccc(Br)s2)cs1.O=CCSc1ccccc1. The molecule has 0 saturated carbocycles. The van der Waals surface area contributed by atoms with Gasteiger partial charge < -0.3 is 10.1 Å². The second kappa shape index (κ2) is 9.87. The van der Waals surface area contributed by atoms with E-state index in [0.29, 0.717) is 5.75 Å². The number of thioether (sulfide) groups is 1. The van der Waals surface area contributed by atoms with Gasteiger partial charge in [-0.15, -0.1) is 34.4 Å². The first-order valence-corrected chi connectivity index (χ1v) is 10.2. The predicted octanol–water partition coefficient (Wildman–Crippen LogP) is 5.65. The molecule has 3 rings (SSSR count). The van der Waals surface area contributed by atoms with E-state index >= 15 is 0 Å². The topological polar surface area (TPSA) is 42.0 Å². The van der Waals surface area contributed by atoms with Crippen LogP contribution < -0.4 is 5.32 Å². The molecule has 7 heteroatoms. The van der Waals surface area contributed by atoms with Crippen molar-refractivity contribution in [3.8, 4) is 10.6 Å². The molecule has 1 aromatic carbocycles. The fourth-order valence-electron chi connectivity index (χ4n) is 1.60. The molecule has 23 heavy (non-hydrogen) atoms. The van der Waals surface area contributed by atoms with Gasteiger partial charge in [0.1, 0.15) is 6.29 Å². The Morgan fingerprint density at radius 2 is 2.04 bits per heavy atom. The number of carbonyl (C=O) groups is 1. The number of aldehydes is 1. The Morgan fingerprint density at radius 1 is 1.26 bits per heavy atom. The van der Waals surface area contributed by atoms with Crippen LogP contribution in [0.1, 0.15) is 0 Å². The van der Waals surface area contributed by atoms with Crippen LogP contribution in [0.2, 0.25) is 0 Å². The minimum atomic E-state index is 0.546. The zero-order chi connectivity index (χ0) is 16.5. The van der Waals surface area contributed by atoms with Crippen LogP contribution in [0.4, 0.5) is 5.13 Å². The highest BCUT2D eigenvalue weighted by Crippen LogP contribution is 2.32. The number of rotatable bonds is 5. The van der Waals surface area contributed by atoms with Gasteiger partial charge in [0.15, 0.2) is 5.13 Å². The van der Waals surface area contributed by atoms with Crippen LogP contribution in [-0.2, 0) is 4.79 Å². The highest BCUT2D eigenvalue weighted by molar-refractivity contribution is 9.11. The summed E-state index contributed by atoms with van der Waals surface area (Å²) in [7, 11) is 1.88. The molecule has 0 amide bonds. The molecule has 0 saturated heterocycles. The van der Waals surface area contributed by atoms with Crippen molar-refractivity contribution >= 4 is 61.8 Å². The van der Waals surface area contributed by atoms with Crippen LogP contribution in [0.25, 0.3) is 10.6 Å². The van der Waals surface area contributed by atoms with Crippen molar-refractivity contribution < 1.29 is 4.79 Å². The summed E-state index contributed by atoms with van der Waals surface area (Å²) in [6.07, 6.45) is 0.914. The molecule has 0 aliphatic carbocycles. The maximum Gasteiger partial charge on any atom is 0.182 e. The fraction of sp³-hybridized carbons (Fsp3) is 0.125. The van der Waals surface area contributed by atoms with Gasteiger partial charge in [0.25, 0.3) is 0 Å². The number of thiazole rings is 1. The minimum Gasteiger partial charge on any atom is -0.365 e. The molecule has 120 valence electrons. The van der Waals surface area contributed by atoms with Gasteiger partial charge >= 0.3 is 0 Å². The molecular weight excluding hydrogens is 412 g/mol. The molecule has 3 aromatic rings. The molecule has 0 bridgehead atoms. The highest BCUT2D eigenvalue weighted by atomic mass is 79.9. The summed E-state index contributed by atoms with van der Waals surface area (Å²) in [6, 6.07) is 14.0. The first-order valence-electron chi connectivity index (χ1n) is 6.73. The van der Waals surface area contributed by atoms with Crippen LogP contribution in [0, 0.1) is 0 Å². The average molecular weight is 427 g/mol. The van der Waals surface area contributed by atoms with Crippen LogP contribution in [0.15, 0.2) is 56.5 Å². The molecule has 2 heterocycles. The molecule has 0 fully saturated rings. The van der Waals surface area contributed by atoms with Crippen molar-refractivity contribution in [1.29, 1.82) is 0 Å². The van der Waals surface area contributed by atoms with E-state index in [1.807, 2.05) is 43.4 Å². The van der Waals surface area contributed by atoms with Crippen molar-refractivity contribution in [3.05, 3.63) is 51.6 Å². The lowest BCUT2D eigenvalue weighted by Crippen LogP contribution is -1.84. The quantitative estimate of drug-likeness (QED) is 0.422. The van der Waals surface area contributed by atoms with E-state index in [-0.39, 0.29) is 0 Å². The van der Waals surface area contributed by atoms with Crippen LogP contribution in [0.3, 0.4) is 0 Å². The Bertz CT molecular complexity index is 728. The molecule has 0 aliphatic heterocycles. The normalized spacial score (nSPS) is 9.83. The molecule has 1 N–H and O–H groups in total. The van der Waals surface area contributed by atoms with Crippen LogP contribution >= 0.6 is 50.4 Å². The van der Waals surface area contributed by atoms with Gasteiger partial charge in [-0.1, -0.05) is 18.2 Å². The second-order valence-electron chi connectivity index (χ2n) is 4.18. The van der Waals surface area contributed by atoms with Crippen molar-refractivity contribution in [2.24, 2.45) is 0 Å². The molecule has 2 aromatic heterocycles. The van der Waals surface area contributed by atoms with Gasteiger partial charge in [0, 0.05) is 17.3 Å². The fourth-order valence-corrected chi connectivity index (χ4v) is 4.30. The smallest absolute Gasteiger partial charge is 0.182 e. The summed E-state index contributed by atoms with van der Waals surface area (Å²) in [4.78, 5) is 16.7. The molecule has 0 aliphatic rings. The van der Waals surface area contributed by atoms with Crippen molar-refractivity contribution in [2.75, 3.05) is 18.1 Å². The van der Waals surface area contributed by atoms with E-state index in [9.17, 15) is 4.79 Å². The maximum absolute atomic E-state index is 9.96. The van der Waals surface area contributed by atoms with E-state index in [1.54, 1.807) is 34.4 Å².